The summed E-state index contributed by atoms with van der Waals surface area (Å²) in [6.45, 7) is 0.549. The van der Waals surface area contributed by atoms with Crippen molar-refractivity contribution in [2.75, 3.05) is 11.9 Å². The Balaban J connectivity index is 1.69. The highest BCUT2D eigenvalue weighted by Crippen LogP contribution is 2.29. The maximum absolute atomic E-state index is 12.2. The topological polar surface area (TPSA) is 80.9 Å². The fraction of sp³-hybridized carbons (Fsp3) is 0.500. The Labute approximate surface area is 131 Å². The largest absolute Gasteiger partial charge is 0.330 e. The quantitative estimate of drug-likeness (QED) is 0.848. The molecule has 0 aliphatic heterocycles. The van der Waals surface area contributed by atoms with E-state index in [1.165, 1.54) is 35.5 Å². The number of aromatic nitrogens is 2. The number of aryl methyl sites for hydroxylation is 2. The molecule has 0 atom stereocenters. The van der Waals surface area contributed by atoms with Crippen LogP contribution in [0.1, 0.15) is 45.3 Å². The van der Waals surface area contributed by atoms with Crippen molar-refractivity contribution in [3.63, 3.8) is 0 Å². The molecule has 5 nitrogen and oxygen atoms in total. The van der Waals surface area contributed by atoms with Gasteiger partial charge in [-0.15, -0.1) is 22.7 Å². The van der Waals surface area contributed by atoms with Crippen LogP contribution in [0.4, 0.5) is 5.13 Å². The molecule has 21 heavy (non-hydrogen) atoms. The number of nitrogens with one attached hydrogen (secondary N) is 1. The van der Waals surface area contributed by atoms with Gasteiger partial charge in [0.25, 0.3) is 5.91 Å². The third-order valence-electron chi connectivity index (χ3n) is 3.46. The van der Waals surface area contributed by atoms with Crippen molar-refractivity contribution in [1.82, 2.24) is 9.97 Å². The average molecular weight is 322 g/mol. The molecule has 1 amide bonds. The van der Waals surface area contributed by atoms with Crippen molar-refractivity contribution in [2.45, 2.75) is 38.5 Å². The van der Waals surface area contributed by atoms with Gasteiger partial charge in [-0.3, -0.25) is 10.1 Å². The summed E-state index contributed by atoms with van der Waals surface area (Å²) in [7, 11) is 0. The van der Waals surface area contributed by atoms with E-state index in [1.807, 2.05) is 0 Å². The van der Waals surface area contributed by atoms with E-state index in [9.17, 15) is 4.79 Å². The number of anilines is 1. The van der Waals surface area contributed by atoms with Gasteiger partial charge in [-0.1, -0.05) is 6.42 Å². The molecule has 0 spiro atoms. The van der Waals surface area contributed by atoms with E-state index in [1.54, 1.807) is 16.7 Å². The molecular weight excluding hydrogens is 304 g/mol. The van der Waals surface area contributed by atoms with Crippen LogP contribution in [-0.4, -0.2) is 22.4 Å². The minimum atomic E-state index is -0.182. The lowest BCUT2D eigenvalue weighted by molar-refractivity contribution is 0.102. The summed E-state index contributed by atoms with van der Waals surface area (Å²) >= 11 is 3.08. The monoisotopic (exact) mass is 322 g/mol. The number of hydrogen-bond acceptors (Lipinski definition) is 6. The number of hydrogen-bond donors (Lipinski definition) is 2. The van der Waals surface area contributed by atoms with Crippen molar-refractivity contribution >= 4 is 33.7 Å². The standard InChI is InChI=1S/C14H18N4OS2/c15-7-6-12-16-10(8-20-12)13(19)18-14-17-9-4-2-1-3-5-11(9)21-14/h8H,1-7,15H2,(H,17,18,19). The Kier molecular flexibility index (Phi) is 4.62. The maximum atomic E-state index is 12.2. The van der Waals surface area contributed by atoms with Crippen LogP contribution < -0.4 is 11.1 Å². The first kappa shape index (κ1) is 14.6. The Bertz CT molecular complexity index is 611. The number of rotatable bonds is 4. The van der Waals surface area contributed by atoms with Crippen LogP contribution in [-0.2, 0) is 19.3 Å². The number of amides is 1. The van der Waals surface area contributed by atoms with E-state index in [0.29, 0.717) is 23.8 Å². The highest BCUT2D eigenvalue weighted by Gasteiger charge is 2.17. The number of thiazole rings is 2. The van der Waals surface area contributed by atoms with Crippen LogP contribution in [0.25, 0.3) is 0 Å². The Hall–Kier alpha value is -1.31. The van der Waals surface area contributed by atoms with Crippen LogP contribution in [0.5, 0.6) is 0 Å². The van der Waals surface area contributed by atoms with E-state index in [2.05, 4.69) is 15.3 Å². The third kappa shape index (κ3) is 3.48. The Morgan fingerprint density at radius 1 is 1.29 bits per heavy atom. The summed E-state index contributed by atoms with van der Waals surface area (Å²) in [5.74, 6) is -0.182. The molecule has 0 bridgehead atoms. The molecule has 3 rings (SSSR count). The van der Waals surface area contributed by atoms with Gasteiger partial charge in [0.05, 0.1) is 10.7 Å². The third-order valence-corrected chi connectivity index (χ3v) is 5.44. The molecule has 0 aromatic carbocycles. The Morgan fingerprint density at radius 3 is 3.00 bits per heavy atom. The minimum Gasteiger partial charge on any atom is -0.330 e. The van der Waals surface area contributed by atoms with Crippen LogP contribution in [0.2, 0.25) is 0 Å². The lowest BCUT2D eigenvalue weighted by Crippen LogP contribution is -2.12. The van der Waals surface area contributed by atoms with Gasteiger partial charge < -0.3 is 5.73 Å². The van der Waals surface area contributed by atoms with Gasteiger partial charge in [0.15, 0.2) is 5.13 Å². The molecular formula is C14H18N4OS2. The highest BCUT2D eigenvalue weighted by molar-refractivity contribution is 7.16. The van der Waals surface area contributed by atoms with Crippen LogP contribution in [0, 0.1) is 0 Å². The Morgan fingerprint density at radius 2 is 2.14 bits per heavy atom. The molecule has 0 saturated carbocycles. The van der Waals surface area contributed by atoms with Crippen molar-refractivity contribution < 1.29 is 4.79 Å². The van der Waals surface area contributed by atoms with Crippen molar-refractivity contribution in [1.29, 1.82) is 0 Å². The molecule has 1 aliphatic rings. The second kappa shape index (κ2) is 6.64. The van der Waals surface area contributed by atoms with Crippen molar-refractivity contribution in [2.24, 2.45) is 5.73 Å². The predicted molar refractivity (Wildman–Crippen MR) is 86.2 cm³/mol. The van der Waals surface area contributed by atoms with E-state index in [0.717, 1.165) is 23.5 Å². The second-order valence-corrected chi connectivity index (χ2v) is 7.10. The normalized spacial score (nSPS) is 14.5. The smallest absolute Gasteiger partial charge is 0.276 e. The summed E-state index contributed by atoms with van der Waals surface area (Å²) in [5.41, 5.74) is 7.11. The number of fused-ring (bicyclic) bond motifs is 1. The fourth-order valence-electron chi connectivity index (χ4n) is 2.40. The zero-order valence-electron chi connectivity index (χ0n) is 11.7. The second-order valence-electron chi connectivity index (χ2n) is 5.07. The molecule has 1 aliphatic carbocycles. The first-order chi connectivity index (χ1) is 10.3. The molecule has 2 heterocycles. The van der Waals surface area contributed by atoms with Gasteiger partial charge in [-0.05, 0) is 32.2 Å². The summed E-state index contributed by atoms with van der Waals surface area (Å²) in [6.07, 6.45) is 6.51. The molecule has 0 saturated heterocycles. The average Bonchev–Trinajstić information content (AvgIpc) is 3.02. The summed E-state index contributed by atoms with van der Waals surface area (Å²) in [6, 6.07) is 0. The molecule has 2 aromatic heterocycles. The molecule has 3 N–H and O–H groups in total. The van der Waals surface area contributed by atoms with Crippen LogP contribution >= 0.6 is 22.7 Å². The maximum Gasteiger partial charge on any atom is 0.276 e. The van der Waals surface area contributed by atoms with Crippen LogP contribution in [0.15, 0.2) is 5.38 Å². The lowest BCUT2D eigenvalue weighted by Gasteiger charge is -1.98. The molecule has 7 heteroatoms. The first-order valence-corrected chi connectivity index (χ1v) is 8.90. The number of nitrogens with zero attached hydrogens (tertiary/aromatic N) is 2. The molecule has 0 radical (unpaired) electrons. The highest BCUT2D eigenvalue weighted by atomic mass is 32.1. The SMILES string of the molecule is NCCc1nc(C(=O)Nc2nc3c(s2)CCCCC3)cs1. The molecule has 112 valence electrons. The summed E-state index contributed by atoms with van der Waals surface area (Å²) < 4.78 is 0. The minimum absolute atomic E-state index is 0.182. The fourth-order valence-corrected chi connectivity index (χ4v) is 4.24. The number of nitrogens with two attached hydrogens (primary N) is 1. The molecule has 2 aromatic rings. The number of carbonyl (C=O) groups is 1. The van der Waals surface area contributed by atoms with Gasteiger partial charge in [0.1, 0.15) is 5.69 Å². The van der Waals surface area contributed by atoms with Crippen molar-refractivity contribution in [3.8, 4) is 0 Å². The molecule has 0 unspecified atom stereocenters. The van der Waals surface area contributed by atoms with Gasteiger partial charge in [-0.2, -0.15) is 0 Å². The van der Waals surface area contributed by atoms with Crippen molar-refractivity contribution in [3.05, 3.63) is 26.7 Å². The first-order valence-electron chi connectivity index (χ1n) is 7.20. The predicted octanol–water partition coefficient (Wildman–Crippen LogP) is 2.62. The summed E-state index contributed by atoms with van der Waals surface area (Å²) in [5, 5.41) is 6.24. The zero-order chi connectivity index (χ0) is 14.7. The van der Waals surface area contributed by atoms with Gasteiger partial charge in [-0.25, -0.2) is 9.97 Å². The van der Waals surface area contributed by atoms with E-state index >= 15 is 0 Å². The lowest BCUT2D eigenvalue weighted by atomic mass is 10.2. The summed E-state index contributed by atoms with van der Waals surface area (Å²) in [4.78, 5) is 22.4. The van der Waals surface area contributed by atoms with Gasteiger partial charge in [0.2, 0.25) is 0 Å². The van der Waals surface area contributed by atoms with Crippen LogP contribution in [0.3, 0.4) is 0 Å². The van der Waals surface area contributed by atoms with E-state index < -0.39 is 0 Å². The van der Waals surface area contributed by atoms with E-state index in [4.69, 9.17) is 5.73 Å². The van der Waals surface area contributed by atoms with Gasteiger partial charge >= 0.3 is 0 Å². The molecule has 0 fully saturated rings. The van der Waals surface area contributed by atoms with E-state index in [-0.39, 0.29) is 5.91 Å². The zero-order valence-corrected chi connectivity index (χ0v) is 13.4. The number of carbonyl (C=O) groups excluding carboxylic acids is 1. The van der Waals surface area contributed by atoms with Gasteiger partial charge in [0, 0.05) is 16.7 Å².